The monoisotopic (exact) mass is 224 g/mol. The standard InChI is InChI=1S/C10H9BrO/c11-9-5-7-3-1-2-4-8(7)6-10(9)12/h1-4,9H,5-6H2. The van der Waals surface area contributed by atoms with E-state index in [1.54, 1.807) is 0 Å². The summed E-state index contributed by atoms with van der Waals surface area (Å²) >= 11 is 3.37. The number of benzene rings is 1. The maximum absolute atomic E-state index is 11.3. The molecule has 0 saturated carbocycles. The van der Waals surface area contributed by atoms with Gasteiger partial charge in [-0.2, -0.15) is 0 Å². The number of hydrogen-bond donors (Lipinski definition) is 0. The second-order valence-corrected chi connectivity index (χ2v) is 4.19. The minimum absolute atomic E-state index is 0.0346. The molecule has 0 spiro atoms. The molecule has 0 aliphatic heterocycles. The van der Waals surface area contributed by atoms with Crippen molar-refractivity contribution in [3.63, 3.8) is 0 Å². The van der Waals surface area contributed by atoms with Gasteiger partial charge in [0.2, 0.25) is 0 Å². The molecule has 0 bridgehead atoms. The average Bonchev–Trinajstić information content (AvgIpc) is 2.07. The SMILES string of the molecule is O=C1Cc2ccccc2CC1Br. The molecule has 1 nitrogen and oxygen atoms in total. The maximum Gasteiger partial charge on any atom is 0.151 e. The van der Waals surface area contributed by atoms with Crippen LogP contribution >= 0.6 is 15.9 Å². The molecule has 1 aliphatic carbocycles. The van der Waals surface area contributed by atoms with Crippen LogP contribution in [-0.2, 0) is 17.6 Å². The van der Waals surface area contributed by atoms with Crippen LogP contribution < -0.4 is 0 Å². The molecule has 2 rings (SSSR count). The van der Waals surface area contributed by atoms with Crippen molar-refractivity contribution >= 4 is 21.7 Å². The number of fused-ring (bicyclic) bond motifs is 1. The molecular formula is C10H9BrO. The minimum Gasteiger partial charge on any atom is -0.298 e. The summed E-state index contributed by atoms with van der Waals surface area (Å²) in [7, 11) is 0. The van der Waals surface area contributed by atoms with Crippen LogP contribution in [0.3, 0.4) is 0 Å². The van der Waals surface area contributed by atoms with E-state index in [1.807, 2.05) is 18.2 Å². The molecule has 1 aliphatic rings. The highest BCUT2D eigenvalue weighted by atomic mass is 79.9. The number of hydrogen-bond acceptors (Lipinski definition) is 1. The summed E-state index contributed by atoms with van der Waals surface area (Å²) in [5.74, 6) is 0.300. The molecule has 1 aromatic carbocycles. The highest BCUT2D eigenvalue weighted by Crippen LogP contribution is 2.22. The first-order valence-electron chi connectivity index (χ1n) is 4.01. The lowest BCUT2D eigenvalue weighted by atomic mass is 9.91. The van der Waals surface area contributed by atoms with Crippen molar-refractivity contribution in [2.45, 2.75) is 17.7 Å². The van der Waals surface area contributed by atoms with E-state index in [0.29, 0.717) is 12.2 Å². The van der Waals surface area contributed by atoms with E-state index < -0.39 is 0 Å². The van der Waals surface area contributed by atoms with Gasteiger partial charge in [0.05, 0.1) is 4.83 Å². The largest absolute Gasteiger partial charge is 0.298 e. The van der Waals surface area contributed by atoms with Crippen LogP contribution in [-0.4, -0.2) is 10.6 Å². The number of rotatable bonds is 0. The van der Waals surface area contributed by atoms with Crippen LogP contribution in [0.2, 0.25) is 0 Å². The third-order valence-electron chi connectivity index (χ3n) is 2.23. The molecule has 1 atom stereocenters. The second kappa shape index (κ2) is 3.02. The molecule has 2 heteroatoms. The lowest BCUT2D eigenvalue weighted by molar-refractivity contribution is -0.118. The van der Waals surface area contributed by atoms with Crippen LogP contribution in [0.5, 0.6) is 0 Å². The van der Waals surface area contributed by atoms with Gasteiger partial charge in [-0.3, -0.25) is 4.79 Å². The molecule has 0 fully saturated rings. The van der Waals surface area contributed by atoms with Crippen molar-refractivity contribution in [2.24, 2.45) is 0 Å². The van der Waals surface area contributed by atoms with Crippen molar-refractivity contribution in [1.29, 1.82) is 0 Å². The Labute approximate surface area is 79.9 Å². The van der Waals surface area contributed by atoms with Crippen molar-refractivity contribution in [3.8, 4) is 0 Å². The molecule has 12 heavy (non-hydrogen) atoms. The molecule has 62 valence electrons. The number of ketones is 1. The summed E-state index contributed by atoms with van der Waals surface area (Å²) in [6, 6.07) is 8.14. The fourth-order valence-corrected chi connectivity index (χ4v) is 2.05. The van der Waals surface area contributed by atoms with Crippen molar-refractivity contribution in [1.82, 2.24) is 0 Å². The van der Waals surface area contributed by atoms with Crippen LogP contribution in [0, 0.1) is 0 Å². The first kappa shape index (κ1) is 7.99. The first-order valence-corrected chi connectivity index (χ1v) is 4.92. The number of Topliss-reactive ketones (excluding diaryl/α,β-unsaturated/α-hetero) is 1. The fourth-order valence-electron chi connectivity index (χ4n) is 1.53. The number of halogens is 1. The predicted molar refractivity (Wildman–Crippen MR) is 51.6 cm³/mol. The summed E-state index contributed by atoms with van der Waals surface area (Å²) in [5, 5.41) is 0. The van der Waals surface area contributed by atoms with Gasteiger partial charge >= 0.3 is 0 Å². The smallest absolute Gasteiger partial charge is 0.151 e. The quantitative estimate of drug-likeness (QED) is 0.618. The molecule has 0 amide bonds. The first-order chi connectivity index (χ1) is 5.77. The van der Waals surface area contributed by atoms with Gasteiger partial charge in [-0.15, -0.1) is 0 Å². The van der Waals surface area contributed by atoms with E-state index in [4.69, 9.17) is 0 Å². The molecule has 0 saturated heterocycles. The zero-order valence-electron chi connectivity index (χ0n) is 6.59. The minimum atomic E-state index is 0.0346. The summed E-state index contributed by atoms with van der Waals surface area (Å²) in [6.45, 7) is 0. The Morgan fingerprint density at radius 1 is 1.25 bits per heavy atom. The van der Waals surface area contributed by atoms with Crippen molar-refractivity contribution < 1.29 is 4.79 Å². The lowest BCUT2D eigenvalue weighted by Gasteiger charge is -2.18. The molecule has 1 unspecified atom stereocenters. The average molecular weight is 225 g/mol. The van der Waals surface area contributed by atoms with E-state index in [-0.39, 0.29) is 4.83 Å². The van der Waals surface area contributed by atoms with E-state index in [0.717, 1.165) is 6.42 Å². The van der Waals surface area contributed by atoms with E-state index in [1.165, 1.54) is 11.1 Å². The van der Waals surface area contributed by atoms with Gasteiger partial charge in [-0.05, 0) is 17.5 Å². The summed E-state index contributed by atoms with van der Waals surface area (Å²) in [6.07, 6.45) is 1.43. The lowest BCUT2D eigenvalue weighted by Crippen LogP contribution is -2.25. The Bertz CT molecular complexity index is 319. The van der Waals surface area contributed by atoms with Crippen molar-refractivity contribution in [3.05, 3.63) is 35.4 Å². The van der Waals surface area contributed by atoms with E-state index in [2.05, 4.69) is 22.0 Å². The van der Waals surface area contributed by atoms with E-state index in [9.17, 15) is 4.79 Å². The molecule has 1 aromatic rings. The topological polar surface area (TPSA) is 17.1 Å². The Morgan fingerprint density at radius 3 is 2.67 bits per heavy atom. The summed E-state index contributed by atoms with van der Waals surface area (Å²) in [4.78, 5) is 11.3. The Balaban J connectivity index is 2.40. The predicted octanol–water partition coefficient (Wildman–Crippen LogP) is 2.12. The van der Waals surface area contributed by atoms with Gasteiger partial charge in [0, 0.05) is 6.42 Å². The summed E-state index contributed by atoms with van der Waals surface area (Å²) < 4.78 is 0. The van der Waals surface area contributed by atoms with E-state index >= 15 is 0 Å². The van der Waals surface area contributed by atoms with Gasteiger partial charge < -0.3 is 0 Å². The zero-order chi connectivity index (χ0) is 8.55. The normalized spacial score (nSPS) is 22.1. The van der Waals surface area contributed by atoms with Crippen molar-refractivity contribution in [2.75, 3.05) is 0 Å². The van der Waals surface area contributed by atoms with Gasteiger partial charge in [0.1, 0.15) is 0 Å². The molecule has 0 heterocycles. The second-order valence-electron chi connectivity index (χ2n) is 3.08. The zero-order valence-corrected chi connectivity index (χ0v) is 8.17. The fraction of sp³-hybridized carbons (Fsp3) is 0.300. The summed E-state index contributed by atoms with van der Waals surface area (Å²) in [5.41, 5.74) is 2.50. The molecule has 0 N–H and O–H groups in total. The number of carbonyl (C=O) groups is 1. The van der Waals surface area contributed by atoms with Gasteiger partial charge in [0.15, 0.2) is 5.78 Å². The van der Waals surface area contributed by atoms with Crippen LogP contribution in [0.1, 0.15) is 11.1 Å². The van der Waals surface area contributed by atoms with Crippen LogP contribution in [0.4, 0.5) is 0 Å². The number of alkyl halides is 1. The Kier molecular flexibility index (Phi) is 2.01. The van der Waals surface area contributed by atoms with Gasteiger partial charge in [-0.1, -0.05) is 40.2 Å². The highest BCUT2D eigenvalue weighted by Gasteiger charge is 2.22. The molecule has 0 radical (unpaired) electrons. The van der Waals surface area contributed by atoms with Crippen LogP contribution in [0.25, 0.3) is 0 Å². The number of carbonyl (C=O) groups excluding carboxylic acids is 1. The maximum atomic E-state index is 11.3. The van der Waals surface area contributed by atoms with Gasteiger partial charge in [-0.25, -0.2) is 0 Å². The van der Waals surface area contributed by atoms with Gasteiger partial charge in [0.25, 0.3) is 0 Å². The molecular weight excluding hydrogens is 216 g/mol. The Morgan fingerprint density at radius 2 is 1.92 bits per heavy atom. The third-order valence-corrected chi connectivity index (χ3v) is 3.07. The highest BCUT2D eigenvalue weighted by molar-refractivity contribution is 9.10. The Hall–Kier alpha value is -0.630. The molecule has 0 aromatic heterocycles. The van der Waals surface area contributed by atoms with Crippen LogP contribution in [0.15, 0.2) is 24.3 Å². The third kappa shape index (κ3) is 1.31.